The molecule has 0 N–H and O–H groups in total. The molecule has 0 aliphatic carbocycles. The lowest BCUT2D eigenvalue weighted by Crippen LogP contribution is -2.37. The van der Waals surface area contributed by atoms with E-state index in [9.17, 15) is 4.79 Å². The number of ether oxygens (including phenoxy) is 1. The SMILES string of the molecule is COc1ccc(C[C@@]2(C)C(=O)N(C)c3ccccc32)cc1. The minimum atomic E-state index is -0.500. The summed E-state index contributed by atoms with van der Waals surface area (Å²) in [6.45, 7) is 2.03. The smallest absolute Gasteiger partial charge is 0.237 e. The largest absolute Gasteiger partial charge is 0.497 e. The number of amides is 1. The minimum Gasteiger partial charge on any atom is -0.497 e. The number of anilines is 1. The zero-order valence-electron chi connectivity index (χ0n) is 12.6. The van der Waals surface area contributed by atoms with E-state index >= 15 is 0 Å². The molecule has 0 radical (unpaired) electrons. The quantitative estimate of drug-likeness (QED) is 0.865. The molecule has 3 heteroatoms. The van der Waals surface area contributed by atoms with Gasteiger partial charge in [0.2, 0.25) is 5.91 Å². The van der Waals surface area contributed by atoms with E-state index in [-0.39, 0.29) is 5.91 Å². The summed E-state index contributed by atoms with van der Waals surface area (Å²) in [6.07, 6.45) is 0.692. The number of carbonyl (C=O) groups excluding carboxylic acids is 1. The lowest BCUT2D eigenvalue weighted by Gasteiger charge is -2.23. The highest BCUT2D eigenvalue weighted by Gasteiger charge is 2.45. The van der Waals surface area contributed by atoms with E-state index in [1.54, 1.807) is 12.0 Å². The molecule has 1 aliphatic heterocycles. The van der Waals surface area contributed by atoms with Crippen molar-refractivity contribution in [3.63, 3.8) is 0 Å². The van der Waals surface area contributed by atoms with Crippen molar-refractivity contribution in [3.8, 4) is 5.75 Å². The Morgan fingerprint density at radius 2 is 1.76 bits per heavy atom. The van der Waals surface area contributed by atoms with E-state index in [1.807, 2.05) is 56.4 Å². The number of fused-ring (bicyclic) bond motifs is 1. The first-order valence-corrected chi connectivity index (χ1v) is 7.07. The fourth-order valence-electron chi connectivity index (χ4n) is 3.15. The van der Waals surface area contributed by atoms with Gasteiger partial charge in [0, 0.05) is 12.7 Å². The van der Waals surface area contributed by atoms with Gasteiger partial charge in [0.25, 0.3) is 0 Å². The standard InChI is InChI=1S/C18H19NO2/c1-18(12-13-8-10-14(21-3)11-9-13)15-6-4-5-7-16(15)19(2)17(18)20/h4-11H,12H2,1-3H3/t18-/m1/s1. The molecule has 0 fully saturated rings. The zero-order chi connectivity index (χ0) is 15.0. The fraction of sp³-hybridized carbons (Fsp3) is 0.278. The summed E-state index contributed by atoms with van der Waals surface area (Å²) in [4.78, 5) is 14.5. The van der Waals surface area contributed by atoms with Crippen molar-refractivity contribution in [3.05, 3.63) is 59.7 Å². The molecule has 2 aromatic rings. The number of hydrogen-bond acceptors (Lipinski definition) is 2. The molecule has 21 heavy (non-hydrogen) atoms. The highest BCUT2D eigenvalue weighted by atomic mass is 16.5. The van der Waals surface area contributed by atoms with Gasteiger partial charge in [-0.05, 0) is 42.7 Å². The number of methoxy groups -OCH3 is 1. The molecule has 0 aromatic heterocycles. The Bertz CT molecular complexity index is 678. The van der Waals surface area contributed by atoms with Crippen LogP contribution in [-0.2, 0) is 16.6 Å². The average Bonchev–Trinajstić information content (AvgIpc) is 2.71. The van der Waals surface area contributed by atoms with Gasteiger partial charge in [0.1, 0.15) is 5.75 Å². The third-order valence-electron chi connectivity index (χ3n) is 4.35. The van der Waals surface area contributed by atoms with E-state index in [0.717, 1.165) is 22.6 Å². The molecule has 1 atom stereocenters. The molecule has 108 valence electrons. The second-order valence-electron chi connectivity index (χ2n) is 5.74. The van der Waals surface area contributed by atoms with Crippen molar-refractivity contribution in [1.82, 2.24) is 0 Å². The Hall–Kier alpha value is -2.29. The van der Waals surface area contributed by atoms with Crippen LogP contribution in [0.25, 0.3) is 0 Å². The second-order valence-corrected chi connectivity index (χ2v) is 5.74. The average molecular weight is 281 g/mol. The van der Waals surface area contributed by atoms with Gasteiger partial charge in [0.05, 0.1) is 12.5 Å². The van der Waals surface area contributed by atoms with E-state index in [1.165, 1.54) is 0 Å². The van der Waals surface area contributed by atoms with Crippen LogP contribution >= 0.6 is 0 Å². The van der Waals surface area contributed by atoms with Gasteiger partial charge in [0.15, 0.2) is 0 Å². The number of nitrogens with zero attached hydrogens (tertiary/aromatic N) is 1. The Morgan fingerprint density at radius 3 is 2.43 bits per heavy atom. The molecule has 1 aliphatic rings. The summed E-state index contributed by atoms with van der Waals surface area (Å²) in [5.74, 6) is 0.985. The van der Waals surface area contributed by atoms with Gasteiger partial charge >= 0.3 is 0 Å². The first-order valence-electron chi connectivity index (χ1n) is 7.07. The second kappa shape index (κ2) is 4.92. The molecule has 1 heterocycles. The predicted octanol–water partition coefficient (Wildman–Crippen LogP) is 3.17. The summed E-state index contributed by atoms with van der Waals surface area (Å²) >= 11 is 0. The molecule has 0 unspecified atom stereocenters. The van der Waals surface area contributed by atoms with Gasteiger partial charge in [-0.25, -0.2) is 0 Å². The molecule has 0 bridgehead atoms. The van der Waals surface area contributed by atoms with Crippen LogP contribution in [0.4, 0.5) is 5.69 Å². The highest BCUT2D eigenvalue weighted by molar-refractivity contribution is 6.07. The van der Waals surface area contributed by atoms with Crippen molar-refractivity contribution < 1.29 is 9.53 Å². The zero-order valence-corrected chi connectivity index (χ0v) is 12.6. The number of hydrogen-bond donors (Lipinski definition) is 0. The van der Waals surface area contributed by atoms with Crippen molar-refractivity contribution in [2.45, 2.75) is 18.8 Å². The monoisotopic (exact) mass is 281 g/mol. The molecule has 0 saturated heterocycles. The van der Waals surface area contributed by atoms with Gasteiger partial charge < -0.3 is 9.64 Å². The molecule has 3 nitrogen and oxygen atoms in total. The van der Waals surface area contributed by atoms with Crippen molar-refractivity contribution >= 4 is 11.6 Å². The molecule has 3 rings (SSSR count). The lowest BCUT2D eigenvalue weighted by atomic mass is 9.78. The first kappa shape index (κ1) is 13.7. The van der Waals surface area contributed by atoms with Crippen molar-refractivity contribution in [2.24, 2.45) is 0 Å². The Balaban J connectivity index is 1.98. The highest BCUT2D eigenvalue weighted by Crippen LogP contribution is 2.42. The summed E-state index contributed by atoms with van der Waals surface area (Å²) in [5, 5.41) is 0. The van der Waals surface area contributed by atoms with E-state index in [2.05, 4.69) is 6.07 Å². The Morgan fingerprint density at radius 1 is 1.10 bits per heavy atom. The van der Waals surface area contributed by atoms with Crippen LogP contribution in [0, 0.1) is 0 Å². The van der Waals surface area contributed by atoms with Crippen LogP contribution in [0.15, 0.2) is 48.5 Å². The van der Waals surface area contributed by atoms with Gasteiger partial charge in [-0.1, -0.05) is 30.3 Å². The number of likely N-dealkylation sites (N-methyl/N-ethyl adjacent to an activating group) is 1. The third-order valence-corrected chi connectivity index (χ3v) is 4.35. The molecule has 2 aromatic carbocycles. The van der Waals surface area contributed by atoms with Crippen LogP contribution in [0.2, 0.25) is 0 Å². The number of para-hydroxylation sites is 1. The maximum Gasteiger partial charge on any atom is 0.237 e. The molecule has 0 spiro atoms. The molecular formula is C18H19NO2. The number of carbonyl (C=O) groups is 1. The van der Waals surface area contributed by atoms with E-state index in [0.29, 0.717) is 6.42 Å². The molecule has 1 amide bonds. The fourth-order valence-corrected chi connectivity index (χ4v) is 3.15. The van der Waals surface area contributed by atoms with Gasteiger partial charge in [-0.15, -0.1) is 0 Å². The normalized spacial score (nSPS) is 20.5. The van der Waals surface area contributed by atoms with Crippen LogP contribution in [0.1, 0.15) is 18.1 Å². The topological polar surface area (TPSA) is 29.5 Å². The maximum atomic E-state index is 12.7. The summed E-state index contributed by atoms with van der Waals surface area (Å²) in [5.41, 5.74) is 2.75. The third kappa shape index (κ3) is 2.09. The van der Waals surface area contributed by atoms with Crippen LogP contribution in [0.3, 0.4) is 0 Å². The molecule has 0 saturated carbocycles. The summed E-state index contributed by atoms with van der Waals surface area (Å²) in [6, 6.07) is 16.0. The van der Waals surface area contributed by atoms with Gasteiger partial charge in [-0.3, -0.25) is 4.79 Å². The minimum absolute atomic E-state index is 0.152. The first-order chi connectivity index (χ1) is 10.1. The molecular weight excluding hydrogens is 262 g/mol. The van der Waals surface area contributed by atoms with Crippen molar-refractivity contribution in [1.29, 1.82) is 0 Å². The van der Waals surface area contributed by atoms with E-state index < -0.39 is 5.41 Å². The van der Waals surface area contributed by atoms with E-state index in [4.69, 9.17) is 4.74 Å². The van der Waals surface area contributed by atoms with Crippen LogP contribution in [0.5, 0.6) is 5.75 Å². The Kier molecular flexibility index (Phi) is 3.20. The van der Waals surface area contributed by atoms with Crippen molar-refractivity contribution in [2.75, 3.05) is 19.1 Å². The maximum absolute atomic E-state index is 12.7. The summed E-state index contributed by atoms with van der Waals surface area (Å²) < 4.78 is 5.18. The van der Waals surface area contributed by atoms with Gasteiger partial charge in [-0.2, -0.15) is 0 Å². The predicted molar refractivity (Wildman–Crippen MR) is 83.9 cm³/mol. The summed E-state index contributed by atoms with van der Waals surface area (Å²) in [7, 11) is 3.50. The Labute approximate surface area is 125 Å². The van der Waals surface area contributed by atoms with Crippen LogP contribution in [-0.4, -0.2) is 20.1 Å². The lowest BCUT2D eigenvalue weighted by molar-refractivity contribution is -0.122. The number of rotatable bonds is 3. The number of benzene rings is 2. The van der Waals surface area contributed by atoms with Crippen LogP contribution < -0.4 is 9.64 Å².